The molecular weight excluding hydrogens is 365 g/mol. The van der Waals surface area contributed by atoms with Gasteiger partial charge in [0.25, 0.3) is 5.91 Å². The zero-order valence-electron chi connectivity index (χ0n) is 14.4. The Hall–Kier alpha value is -3.19. The van der Waals surface area contributed by atoms with Gasteiger partial charge in [-0.25, -0.2) is 9.18 Å². The Morgan fingerprint density at radius 1 is 0.926 bits per heavy atom. The summed E-state index contributed by atoms with van der Waals surface area (Å²) >= 11 is 1.36. The van der Waals surface area contributed by atoms with Gasteiger partial charge in [0.2, 0.25) is 0 Å². The third kappa shape index (κ3) is 5.65. The van der Waals surface area contributed by atoms with E-state index >= 15 is 0 Å². The van der Waals surface area contributed by atoms with Crippen molar-refractivity contribution in [2.45, 2.75) is 6.42 Å². The molecule has 0 unspecified atom stereocenters. The number of hydrogen-bond donors (Lipinski definition) is 3. The molecule has 0 saturated carbocycles. The Morgan fingerprint density at radius 3 is 2.44 bits per heavy atom. The molecular formula is C20H18FN3O2S. The van der Waals surface area contributed by atoms with Crippen LogP contribution in [-0.2, 0) is 6.42 Å². The fourth-order valence-electron chi connectivity index (χ4n) is 2.46. The quantitative estimate of drug-likeness (QED) is 0.586. The highest BCUT2D eigenvalue weighted by molar-refractivity contribution is 7.12. The first kappa shape index (κ1) is 18.6. The molecule has 0 aliphatic heterocycles. The minimum atomic E-state index is -0.367. The predicted octanol–water partition coefficient (Wildman–Crippen LogP) is 4.50. The second-order valence-electron chi connectivity index (χ2n) is 5.77. The summed E-state index contributed by atoms with van der Waals surface area (Å²) < 4.78 is 13.1. The van der Waals surface area contributed by atoms with Gasteiger partial charge < -0.3 is 16.0 Å². The van der Waals surface area contributed by atoms with Gasteiger partial charge in [0.15, 0.2) is 0 Å². The van der Waals surface area contributed by atoms with Gasteiger partial charge in [0, 0.05) is 17.9 Å². The van der Waals surface area contributed by atoms with Crippen LogP contribution in [0.25, 0.3) is 0 Å². The molecule has 1 aromatic heterocycles. The zero-order valence-corrected chi connectivity index (χ0v) is 15.2. The van der Waals surface area contributed by atoms with Crippen molar-refractivity contribution in [3.63, 3.8) is 0 Å². The van der Waals surface area contributed by atoms with E-state index in [9.17, 15) is 14.0 Å². The first-order valence-corrected chi connectivity index (χ1v) is 9.22. The van der Waals surface area contributed by atoms with Gasteiger partial charge in [-0.15, -0.1) is 11.3 Å². The lowest BCUT2D eigenvalue weighted by Gasteiger charge is -2.10. The molecule has 5 nitrogen and oxygen atoms in total. The maximum Gasteiger partial charge on any atom is 0.319 e. The van der Waals surface area contributed by atoms with Crippen LogP contribution in [0.2, 0.25) is 0 Å². The standard InChI is InChI=1S/C20H18FN3O2S/c21-15-5-1-4-14(12-15)9-10-22-20(26)24-17-7-2-6-16(13-17)23-19(25)18-8-3-11-27-18/h1-8,11-13H,9-10H2,(H,23,25)(H2,22,24,26). The van der Waals surface area contributed by atoms with E-state index < -0.39 is 0 Å². The van der Waals surface area contributed by atoms with Crippen molar-refractivity contribution in [2.75, 3.05) is 17.2 Å². The fraction of sp³-hybridized carbons (Fsp3) is 0.100. The van der Waals surface area contributed by atoms with E-state index in [1.54, 1.807) is 36.4 Å². The number of amides is 3. The Balaban J connectivity index is 1.49. The number of benzene rings is 2. The van der Waals surface area contributed by atoms with Crippen LogP contribution < -0.4 is 16.0 Å². The van der Waals surface area contributed by atoms with E-state index in [0.29, 0.717) is 29.2 Å². The highest BCUT2D eigenvalue weighted by atomic mass is 32.1. The molecule has 0 atom stereocenters. The van der Waals surface area contributed by atoms with Gasteiger partial charge in [0.1, 0.15) is 5.82 Å². The molecule has 0 radical (unpaired) electrons. The normalized spacial score (nSPS) is 10.3. The van der Waals surface area contributed by atoms with Gasteiger partial charge in [-0.2, -0.15) is 0 Å². The molecule has 0 spiro atoms. The Morgan fingerprint density at radius 2 is 1.70 bits per heavy atom. The number of nitrogens with one attached hydrogen (secondary N) is 3. The Kier molecular flexibility index (Phi) is 6.17. The third-order valence-electron chi connectivity index (χ3n) is 3.71. The first-order chi connectivity index (χ1) is 13.1. The number of thiophene rings is 1. The lowest BCUT2D eigenvalue weighted by molar-refractivity contribution is 0.103. The minimum absolute atomic E-state index is 0.193. The molecule has 0 saturated heterocycles. The van der Waals surface area contributed by atoms with Gasteiger partial charge in [0.05, 0.1) is 4.88 Å². The molecule has 3 amide bonds. The summed E-state index contributed by atoms with van der Waals surface area (Å²) in [6.45, 7) is 0.379. The van der Waals surface area contributed by atoms with Crippen LogP contribution in [-0.4, -0.2) is 18.5 Å². The van der Waals surface area contributed by atoms with Crippen LogP contribution in [0.5, 0.6) is 0 Å². The number of urea groups is 1. The van der Waals surface area contributed by atoms with Gasteiger partial charge >= 0.3 is 6.03 Å². The van der Waals surface area contributed by atoms with E-state index in [2.05, 4.69) is 16.0 Å². The van der Waals surface area contributed by atoms with Gasteiger partial charge in [-0.3, -0.25) is 4.79 Å². The smallest absolute Gasteiger partial charge is 0.319 e. The van der Waals surface area contributed by atoms with Crippen LogP contribution >= 0.6 is 11.3 Å². The van der Waals surface area contributed by atoms with E-state index in [1.807, 2.05) is 17.5 Å². The highest BCUT2D eigenvalue weighted by Crippen LogP contribution is 2.17. The van der Waals surface area contributed by atoms with E-state index in [0.717, 1.165) is 5.56 Å². The molecule has 0 fully saturated rings. The maximum atomic E-state index is 13.1. The largest absolute Gasteiger partial charge is 0.338 e. The van der Waals surface area contributed by atoms with E-state index in [-0.39, 0.29) is 17.8 Å². The van der Waals surface area contributed by atoms with Crippen molar-refractivity contribution in [1.82, 2.24) is 5.32 Å². The van der Waals surface area contributed by atoms with Gasteiger partial charge in [-0.1, -0.05) is 24.3 Å². The molecule has 3 rings (SSSR count). The van der Waals surface area contributed by atoms with E-state index in [4.69, 9.17) is 0 Å². The van der Waals surface area contributed by atoms with Gasteiger partial charge in [-0.05, 0) is 53.8 Å². The number of carbonyl (C=O) groups is 2. The average Bonchev–Trinajstić information content (AvgIpc) is 3.17. The SMILES string of the molecule is O=C(NCCc1cccc(F)c1)Nc1cccc(NC(=O)c2cccs2)c1. The van der Waals surface area contributed by atoms with Crippen molar-refractivity contribution >= 4 is 34.6 Å². The highest BCUT2D eigenvalue weighted by Gasteiger charge is 2.08. The molecule has 7 heteroatoms. The number of rotatable bonds is 6. The van der Waals surface area contributed by atoms with Crippen LogP contribution in [0, 0.1) is 5.82 Å². The Bertz CT molecular complexity index is 928. The summed E-state index contributed by atoms with van der Waals surface area (Å²) in [4.78, 5) is 24.7. The summed E-state index contributed by atoms with van der Waals surface area (Å²) in [7, 11) is 0. The van der Waals surface area contributed by atoms with Crippen LogP contribution in [0.4, 0.5) is 20.6 Å². The second kappa shape index (κ2) is 8.95. The fourth-order valence-corrected chi connectivity index (χ4v) is 3.08. The summed E-state index contributed by atoms with van der Waals surface area (Å²) in [5, 5.41) is 10.1. The summed E-state index contributed by atoms with van der Waals surface area (Å²) in [5.41, 5.74) is 1.96. The minimum Gasteiger partial charge on any atom is -0.338 e. The number of halogens is 1. The maximum absolute atomic E-state index is 13.1. The van der Waals surface area contributed by atoms with Crippen LogP contribution in [0.15, 0.2) is 66.0 Å². The van der Waals surface area contributed by atoms with Crippen molar-refractivity contribution < 1.29 is 14.0 Å². The number of hydrogen-bond acceptors (Lipinski definition) is 3. The monoisotopic (exact) mass is 383 g/mol. The molecule has 1 heterocycles. The van der Waals surface area contributed by atoms with Crippen molar-refractivity contribution in [3.8, 4) is 0 Å². The number of anilines is 2. The van der Waals surface area contributed by atoms with Crippen molar-refractivity contribution in [2.24, 2.45) is 0 Å². The lowest BCUT2D eigenvalue weighted by atomic mass is 10.1. The lowest BCUT2D eigenvalue weighted by Crippen LogP contribution is -2.30. The molecule has 138 valence electrons. The molecule has 3 aromatic rings. The molecule has 27 heavy (non-hydrogen) atoms. The van der Waals surface area contributed by atoms with Crippen molar-refractivity contribution in [1.29, 1.82) is 0 Å². The third-order valence-corrected chi connectivity index (χ3v) is 4.58. The van der Waals surface area contributed by atoms with Crippen molar-refractivity contribution in [3.05, 3.63) is 82.3 Å². The zero-order chi connectivity index (χ0) is 19.1. The molecule has 0 bridgehead atoms. The first-order valence-electron chi connectivity index (χ1n) is 8.34. The summed E-state index contributed by atoms with van der Waals surface area (Å²) in [5.74, 6) is -0.486. The topological polar surface area (TPSA) is 70.2 Å². The van der Waals surface area contributed by atoms with E-state index in [1.165, 1.54) is 23.5 Å². The predicted molar refractivity (Wildman–Crippen MR) is 106 cm³/mol. The molecule has 0 aliphatic rings. The number of carbonyl (C=O) groups excluding carboxylic acids is 2. The molecule has 3 N–H and O–H groups in total. The summed E-state index contributed by atoms with van der Waals surface area (Å²) in [6, 6.07) is 16.4. The Labute approximate surface area is 160 Å². The van der Waals surface area contributed by atoms with Crippen LogP contribution in [0.3, 0.4) is 0 Å². The van der Waals surface area contributed by atoms with Crippen LogP contribution in [0.1, 0.15) is 15.2 Å². The second-order valence-corrected chi connectivity index (χ2v) is 6.72. The molecule has 2 aromatic carbocycles. The summed E-state index contributed by atoms with van der Waals surface area (Å²) in [6.07, 6.45) is 0.530. The molecule has 0 aliphatic carbocycles. The average molecular weight is 383 g/mol.